The maximum absolute atomic E-state index is 12.2. The molecule has 6 heteroatoms. The van der Waals surface area contributed by atoms with Gasteiger partial charge in [0.1, 0.15) is 11.5 Å². The number of allylic oxidation sites excluding steroid dienone is 1. The van der Waals surface area contributed by atoms with Crippen molar-refractivity contribution < 1.29 is 14.3 Å². The average molecular weight is 463 g/mol. The Morgan fingerprint density at radius 1 is 1.10 bits per heavy atom. The van der Waals surface area contributed by atoms with Crippen molar-refractivity contribution in [2.24, 2.45) is 0 Å². The molecule has 0 atom stereocenters. The highest BCUT2D eigenvalue weighted by Crippen LogP contribution is 2.28. The van der Waals surface area contributed by atoms with Crippen LogP contribution in [0.25, 0.3) is 11.6 Å². The van der Waals surface area contributed by atoms with E-state index in [2.05, 4.69) is 27.3 Å². The standard InChI is InChI=1S/C24H19BrN2O3/c1-29-22-10-7-17(8-11-22)19(15-26)13-18-14-20(25)9-12-23(18)30-16-24(28)27-21-5-3-2-4-6-21/h2-14H,16H2,1H3,(H,27,28)/b19-13+. The van der Waals surface area contributed by atoms with Crippen LogP contribution in [0.2, 0.25) is 0 Å². The molecule has 0 bridgehead atoms. The van der Waals surface area contributed by atoms with E-state index in [9.17, 15) is 10.1 Å². The number of methoxy groups -OCH3 is 1. The number of hydrogen-bond acceptors (Lipinski definition) is 4. The molecule has 0 spiro atoms. The number of amides is 1. The van der Waals surface area contributed by atoms with Crippen LogP contribution in [0.1, 0.15) is 11.1 Å². The van der Waals surface area contributed by atoms with E-state index < -0.39 is 0 Å². The summed E-state index contributed by atoms with van der Waals surface area (Å²) in [5, 5.41) is 12.4. The summed E-state index contributed by atoms with van der Waals surface area (Å²) in [6.07, 6.45) is 1.73. The first kappa shape index (κ1) is 21.2. The summed E-state index contributed by atoms with van der Waals surface area (Å²) in [4.78, 5) is 12.2. The van der Waals surface area contributed by atoms with Crippen molar-refractivity contribution in [3.05, 3.63) is 88.4 Å². The Kier molecular flexibility index (Phi) is 7.25. The average Bonchev–Trinajstić information content (AvgIpc) is 2.77. The van der Waals surface area contributed by atoms with Gasteiger partial charge in [0, 0.05) is 15.7 Å². The molecule has 0 aliphatic heterocycles. The van der Waals surface area contributed by atoms with Crippen LogP contribution in [0, 0.1) is 11.3 Å². The van der Waals surface area contributed by atoms with Crippen molar-refractivity contribution in [3.63, 3.8) is 0 Å². The Hall–Kier alpha value is -3.56. The van der Waals surface area contributed by atoms with E-state index >= 15 is 0 Å². The van der Waals surface area contributed by atoms with Gasteiger partial charge in [0.05, 0.1) is 18.8 Å². The van der Waals surface area contributed by atoms with Gasteiger partial charge < -0.3 is 14.8 Å². The van der Waals surface area contributed by atoms with Crippen LogP contribution >= 0.6 is 15.9 Å². The van der Waals surface area contributed by atoms with Crippen molar-refractivity contribution in [2.75, 3.05) is 19.0 Å². The number of carbonyl (C=O) groups is 1. The number of halogens is 1. The minimum Gasteiger partial charge on any atom is -0.497 e. The van der Waals surface area contributed by atoms with Crippen LogP contribution in [-0.4, -0.2) is 19.6 Å². The van der Waals surface area contributed by atoms with Gasteiger partial charge in [0.15, 0.2) is 6.61 Å². The van der Waals surface area contributed by atoms with Gasteiger partial charge in [-0.2, -0.15) is 5.26 Å². The molecule has 3 aromatic carbocycles. The molecule has 0 aliphatic carbocycles. The molecular weight excluding hydrogens is 444 g/mol. The Balaban J connectivity index is 1.79. The van der Waals surface area contributed by atoms with E-state index in [0.29, 0.717) is 28.3 Å². The zero-order chi connectivity index (χ0) is 21.3. The number of nitrogens with zero attached hydrogens (tertiary/aromatic N) is 1. The van der Waals surface area contributed by atoms with Gasteiger partial charge in [-0.25, -0.2) is 0 Å². The van der Waals surface area contributed by atoms with Crippen LogP contribution in [0.5, 0.6) is 11.5 Å². The van der Waals surface area contributed by atoms with Crippen molar-refractivity contribution in [3.8, 4) is 17.6 Å². The van der Waals surface area contributed by atoms with Crippen LogP contribution in [-0.2, 0) is 4.79 Å². The number of ether oxygens (including phenoxy) is 2. The quantitative estimate of drug-likeness (QED) is 0.369. The number of para-hydroxylation sites is 1. The zero-order valence-electron chi connectivity index (χ0n) is 16.3. The number of anilines is 1. The van der Waals surface area contributed by atoms with Gasteiger partial charge in [-0.1, -0.05) is 34.1 Å². The topological polar surface area (TPSA) is 71.3 Å². The Labute approximate surface area is 183 Å². The molecule has 5 nitrogen and oxygen atoms in total. The SMILES string of the molecule is COc1ccc(/C(C#N)=C/c2cc(Br)ccc2OCC(=O)Nc2ccccc2)cc1. The molecule has 3 rings (SSSR count). The minimum atomic E-state index is -0.269. The molecule has 0 aliphatic rings. The second-order valence-corrected chi connectivity index (χ2v) is 7.20. The number of rotatable bonds is 7. The fourth-order valence-corrected chi connectivity index (χ4v) is 3.11. The number of carbonyl (C=O) groups excluding carboxylic acids is 1. The van der Waals surface area contributed by atoms with Crippen LogP contribution in [0.3, 0.4) is 0 Å². The van der Waals surface area contributed by atoms with Gasteiger partial charge in [-0.15, -0.1) is 0 Å². The third-order valence-electron chi connectivity index (χ3n) is 4.21. The maximum atomic E-state index is 12.2. The number of benzene rings is 3. The van der Waals surface area contributed by atoms with E-state index in [4.69, 9.17) is 9.47 Å². The molecule has 0 heterocycles. The molecule has 0 radical (unpaired) electrons. The van der Waals surface area contributed by atoms with Gasteiger partial charge in [0.2, 0.25) is 0 Å². The fourth-order valence-electron chi connectivity index (χ4n) is 2.73. The number of hydrogen-bond donors (Lipinski definition) is 1. The molecule has 0 unspecified atom stereocenters. The van der Waals surface area contributed by atoms with Crippen LogP contribution in [0.4, 0.5) is 5.69 Å². The van der Waals surface area contributed by atoms with Gasteiger partial charge >= 0.3 is 0 Å². The third kappa shape index (κ3) is 5.72. The van der Waals surface area contributed by atoms with Crippen molar-refractivity contribution in [1.82, 2.24) is 0 Å². The predicted molar refractivity (Wildman–Crippen MR) is 121 cm³/mol. The summed E-state index contributed by atoms with van der Waals surface area (Å²) in [5.41, 5.74) is 2.61. The summed E-state index contributed by atoms with van der Waals surface area (Å²) in [5.74, 6) is 0.948. The largest absolute Gasteiger partial charge is 0.497 e. The second kappa shape index (κ2) is 10.3. The highest BCUT2D eigenvalue weighted by atomic mass is 79.9. The monoisotopic (exact) mass is 462 g/mol. The first-order chi connectivity index (χ1) is 14.6. The molecule has 0 saturated heterocycles. The van der Waals surface area contributed by atoms with Gasteiger partial charge in [-0.3, -0.25) is 4.79 Å². The molecule has 0 saturated carbocycles. The van der Waals surface area contributed by atoms with Crippen molar-refractivity contribution in [1.29, 1.82) is 5.26 Å². The first-order valence-electron chi connectivity index (χ1n) is 9.12. The summed E-state index contributed by atoms with van der Waals surface area (Å²) < 4.78 is 11.7. The van der Waals surface area contributed by atoms with Gasteiger partial charge in [0.25, 0.3) is 5.91 Å². The van der Waals surface area contributed by atoms with Crippen molar-refractivity contribution >= 4 is 39.2 Å². The maximum Gasteiger partial charge on any atom is 0.262 e. The molecule has 0 aromatic heterocycles. The Bertz CT molecular complexity index is 1090. The number of nitrogens with one attached hydrogen (secondary N) is 1. The Morgan fingerprint density at radius 2 is 1.83 bits per heavy atom. The summed E-state index contributed by atoms with van der Waals surface area (Å²) >= 11 is 3.44. The molecular formula is C24H19BrN2O3. The Morgan fingerprint density at radius 3 is 2.50 bits per heavy atom. The lowest BCUT2D eigenvalue weighted by Gasteiger charge is -2.11. The predicted octanol–water partition coefficient (Wildman–Crippen LogP) is 5.54. The summed E-state index contributed by atoms with van der Waals surface area (Å²) in [7, 11) is 1.59. The van der Waals surface area contributed by atoms with E-state index in [-0.39, 0.29) is 12.5 Å². The van der Waals surface area contributed by atoms with Gasteiger partial charge in [-0.05, 0) is 66.2 Å². The highest BCUT2D eigenvalue weighted by molar-refractivity contribution is 9.10. The van der Waals surface area contributed by atoms with Crippen LogP contribution < -0.4 is 14.8 Å². The minimum absolute atomic E-state index is 0.151. The molecule has 3 aromatic rings. The number of nitriles is 1. The lowest BCUT2D eigenvalue weighted by atomic mass is 10.0. The first-order valence-corrected chi connectivity index (χ1v) is 9.92. The normalized spacial score (nSPS) is 10.8. The van der Waals surface area contributed by atoms with E-state index in [1.54, 1.807) is 43.5 Å². The summed E-state index contributed by atoms with van der Waals surface area (Å²) in [6, 6.07) is 24.0. The third-order valence-corrected chi connectivity index (χ3v) is 4.70. The van der Waals surface area contributed by atoms with E-state index in [1.165, 1.54) is 0 Å². The van der Waals surface area contributed by atoms with Crippen LogP contribution in [0.15, 0.2) is 77.3 Å². The molecule has 150 valence electrons. The smallest absolute Gasteiger partial charge is 0.262 e. The van der Waals surface area contributed by atoms with E-state index in [0.717, 1.165) is 10.0 Å². The molecule has 0 fully saturated rings. The van der Waals surface area contributed by atoms with Crippen molar-refractivity contribution in [2.45, 2.75) is 0 Å². The van der Waals surface area contributed by atoms with E-state index in [1.807, 2.05) is 42.5 Å². The molecule has 1 amide bonds. The highest BCUT2D eigenvalue weighted by Gasteiger charge is 2.09. The molecule has 1 N–H and O–H groups in total. The fraction of sp³-hybridized carbons (Fsp3) is 0.0833. The zero-order valence-corrected chi connectivity index (χ0v) is 17.8. The summed E-state index contributed by atoms with van der Waals surface area (Å²) in [6.45, 7) is -0.151. The lowest BCUT2D eigenvalue weighted by Crippen LogP contribution is -2.20. The second-order valence-electron chi connectivity index (χ2n) is 6.28. The molecule has 30 heavy (non-hydrogen) atoms. The lowest BCUT2D eigenvalue weighted by molar-refractivity contribution is -0.118.